The Morgan fingerprint density at radius 3 is 2.89 bits per heavy atom. The third-order valence-electron chi connectivity index (χ3n) is 3.92. The van der Waals surface area contributed by atoms with Gasteiger partial charge in [0, 0.05) is 57.7 Å². The average Bonchev–Trinajstić information content (AvgIpc) is 2.90. The van der Waals surface area contributed by atoms with Gasteiger partial charge in [-0.3, -0.25) is 9.88 Å². The third-order valence-corrected chi connectivity index (χ3v) is 4.53. The van der Waals surface area contributed by atoms with Crippen molar-refractivity contribution in [2.24, 2.45) is 0 Å². The van der Waals surface area contributed by atoms with Crippen molar-refractivity contribution >= 4 is 21.6 Å². The van der Waals surface area contributed by atoms with Crippen molar-refractivity contribution in [2.75, 3.05) is 44.2 Å². The Hall–Kier alpha value is -0.650. The largest absolute Gasteiger partial charge is 0.369 e. The van der Waals surface area contributed by atoms with Gasteiger partial charge in [-0.15, -0.1) is 0 Å². The minimum absolute atomic E-state index is 0.715. The molecular formula is C13H19BrN4. The van der Waals surface area contributed by atoms with Crippen LogP contribution in [0.3, 0.4) is 0 Å². The number of nitrogens with zero attached hydrogens (tertiary/aromatic N) is 3. The van der Waals surface area contributed by atoms with Crippen molar-refractivity contribution in [1.82, 2.24) is 15.2 Å². The first kappa shape index (κ1) is 12.4. The minimum atomic E-state index is 0.715. The van der Waals surface area contributed by atoms with E-state index in [-0.39, 0.29) is 0 Å². The van der Waals surface area contributed by atoms with E-state index in [2.05, 4.69) is 42.1 Å². The highest BCUT2D eigenvalue weighted by Crippen LogP contribution is 2.29. The summed E-state index contributed by atoms with van der Waals surface area (Å²) in [5.74, 6) is 0. The van der Waals surface area contributed by atoms with Crippen LogP contribution in [0.5, 0.6) is 0 Å². The van der Waals surface area contributed by atoms with Crippen molar-refractivity contribution in [3.05, 3.63) is 22.9 Å². The predicted octanol–water partition coefficient (Wildman–Crippen LogP) is 1.33. The summed E-state index contributed by atoms with van der Waals surface area (Å²) in [5.41, 5.74) is 1.28. The van der Waals surface area contributed by atoms with Gasteiger partial charge >= 0.3 is 0 Å². The van der Waals surface area contributed by atoms with Gasteiger partial charge in [0.25, 0.3) is 0 Å². The second-order valence-electron chi connectivity index (χ2n) is 5.00. The molecule has 2 fully saturated rings. The molecule has 0 radical (unpaired) electrons. The zero-order chi connectivity index (χ0) is 12.4. The highest BCUT2D eigenvalue weighted by molar-refractivity contribution is 9.10. The van der Waals surface area contributed by atoms with E-state index >= 15 is 0 Å². The molecule has 0 saturated carbocycles. The maximum atomic E-state index is 4.13. The number of nitrogens with one attached hydrogen (secondary N) is 1. The van der Waals surface area contributed by atoms with Crippen LogP contribution in [-0.4, -0.2) is 55.2 Å². The van der Waals surface area contributed by atoms with Crippen LogP contribution in [0.2, 0.25) is 0 Å². The van der Waals surface area contributed by atoms with Crippen LogP contribution >= 0.6 is 15.9 Å². The van der Waals surface area contributed by atoms with Crippen LogP contribution in [0.1, 0.15) is 6.42 Å². The summed E-state index contributed by atoms with van der Waals surface area (Å²) in [7, 11) is 0. The fourth-order valence-electron chi connectivity index (χ4n) is 2.93. The van der Waals surface area contributed by atoms with Crippen LogP contribution in [-0.2, 0) is 0 Å². The lowest BCUT2D eigenvalue weighted by Crippen LogP contribution is -2.49. The molecule has 2 saturated heterocycles. The van der Waals surface area contributed by atoms with Gasteiger partial charge in [-0.1, -0.05) is 0 Å². The summed E-state index contributed by atoms with van der Waals surface area (Å²) in [6.45, 7) is 6.94. The van der Waals surface area contributed by atoms with Crippen LogP contribution in [0.4, 0.5) is 5.69 Å². The first-order valence-corrected chi connectivity index (χ1v) is 7.43. The molecule has 0 amide bonds. The van der Waals surface area contributed by atoms with Crippen molar-refractivity contribution in [3.8, 4) is 0 Å². The molecule has 3 rings (SSSR count). The Bertz CT molecular complexity index is 406. The summed E-state index contributed by atoms with van der Waals surface area (Å²) in [5, 5.41) is 3.42. The van der Waals surface area contributed by atoms with Crippen molar-refractivity contribution in [3.63, 3.8) is 0 Å². The molecule has 4 nitrogen and oxygen atoms in total. The molecule has 2 aliphatic rings. The van der Waals surface area contributed by atoms with E-state index in [4.69, 9.17) is 0 Å². The van der Waals surface area contributed by atoms with Crippen LogP contribution in [0.15, 0.2) is 22.9 Å². The van der Waals surface area contributed by atoms with E-state index in [1.165, 1.54) is 25.2 Å². The van der Waals surface area contributed by atoms with Crippen molar-refractivity contribution in [2.45, 2.75) is 12.5 Å². The number of aromatic nitrogens is 1. The summed E-state index contributed by atoms with van der Waals surface area (Å²) in [6.07, 6.45) is 5.03. The Balaban J connectivity index is 1.66. The zero-order valence-corrected chi connectivity index (χ0v) is 12.1. The molecule has 3 heterocycles. The fourth-order valence-corrected chi connectivity index (χ4v) is 3.43. The van der Waals surface area contributed by atoms with Gasteiger partial charge in [0.2, 0.25) is 0 Å². The van der Waals surface area contributed by atoms with Gasteiger partial charge in [-0.25, -0.2) is 0 Å². The molecule has 98 valence electrons. The summed E-state index contributed by atoms with van der Waals surface area (Å²) < 4.78 is 1.10. The molecule has 1 atom stereocenters. The molecule has 1 N–H and O–H groups in total. The van der Waals surface area contributed by atoms with Crippen LogP contribution in [0.25, 0.3) is 0 Å². The van der Waals surface area contributed by atoms with Gasteiger partial charge in [-0.05, 0) is 28.4 Å². The first-order valence-electron chi connectivity index (χ1n) is 6.64. The lowest BCUT2D eigenvalue weighted by Gasteiger charge is -2.32. The van der Waals surface area contributed by atoms with Crippen LogP contribution < -0.4 is 10.2 Å². The summed E-state index contributed by atoms with van der Waals surface area (Å²) in [6, 6.07) is 2.82. The molecule has 1 unspecified atom stereocenters. The fraction of sp³-hybridized carbons (Fsp3) is 0.615. The van der Waals surface area contributed by atoms with E-state index in [9.17, 15) is 0 Å². The Labute approximate surface area is 116 Å². The molecular weight excluding hydrogens is 292 g/mol. The number of anilines is 1. The predicted molar refractivity (Wildman–Crippen MR) is 77.0 cm³/mol. The average molecular weight is 311 g/mol. The Morgan fingerprint density at radius 2 is 2.11 bits per heavy atom. The van der Waals surface area contributed by atoms with Crippen molar-refractivity contribution in [1.29, 1.82) is 0 Å². The molecule has 1 aromatic rings. The number of hydrogen-bond donors (Lipinski definition) is 1. The highest BCUT2D eigenvalue weighted by atomic mass is 79.9. The van der Waals surface area contributed by atoms with Gasteiger partial charge in [-0.2, -0.15) is 0 Å². The SMILES string of the molecule is Brc1cnccc1N1CCC(N2CCNCC2)C1. The second kappa shape index (κ2) is 5.55. The quantitative estimate of drug-likeness (QED) is 0.893. The number of hydrogen-bond acceptors (Lipinski definition) is 4. The minimum Gasteiger partial charge on any atom is -0.369 e. The highest BCUT2D eigenvalue weighted by Gasteiger charge is 2.29. The van der Waals surface area contributed by atoms with E-state index in [0.717, 1.165) is 30.7 Å². The Kier molecular flexibility index (Phi) is 3.82. The summed E-state index contributed by atoms with van der Waals surface area (Å²) >= 11 is 3.59. The van der Waals surface area contributed by atoms with E-state index in [1.54, 1.807) is 0 Å². The maximum Gasteiger partial charge on any atom is 0.0592 e. The lowest BCUT2D eigenvalue weighted by atomic mass is 10.2. The number of halogens is 1. The molecule has 0 aromatic carbocycles. The molecule has 0 aliphatic carbocycles. The standard InChI is InChI=1S/C13H19BrN4/c14-12-9-16-3-1-13(12)18-6-2-11(10-18)17-7-4-15-5-8-17/h1,3,9,11,15H,2,4-8,10H2. The van der Waals surface area contributed by atoms with E-state index in [0.29, 0.717) is 6.04 Å². The zero-order valence-electron chi connectivity index (χ0n) is 10.5. The molecule has 5 heteroatoms. The summed E-state index contributed by atoms with van der Waals surface area (Å²) in [4.78, 5) is 9.23. The molecule has 2 aliphatic heterocycles. The van der Waals surface area contributed by atoms with Crippen molar-refractivity contribution < 1.29 is 0 Å². The molecule has 0 bridgehead atoms. The van der Waals surface area contributed by atoms with Crippen LogP contribution in [0, 0.1) is 0 Å². The third kappa shape index (κ3) is 2.53. The topological polar surface area (TPSA) is 31.4 Å². The monoisotopic (exact) mass is 310 g/mol. The van der Waals surface area contributed by atoms with E-state index in [1.807, 2.05) is 12.4 Å². The van der Waals surface area contributed by atoms with Gasteiger partial charge in [0.1, 0.15) is 0 Å². The molecule has 0 spiro atoms. The van der Waals surface area contributed by atoms with Gasteiger partial charge in [0.05, 0.1) is 10.2 Å². The first-order chi connectivity index (χ1) is 8.84. The maximum absolute atomic E-state index is 4.13. The Morgan fingerprint density at radius 1 is 1.28 bits per heavy atom. The van der Waals surface area contributed by atoms with Gasteiger partial charge < -0.3 is 10.2 Å². The smallest absolute Gasteiger partial charge is 0.0592 e. The molecule has 1 aromatic heterocycles. The van der Waals surface area contributed by atoms with E-state index < -0.39 is 0 Å². The number of piperazine rings is 1. The number of pyridine rings is 1. The normalized spacial score (nSPS) is 25.6. The second-order valence-corrected chi connectivity index (χ2v) is 5.86. The van der Waals surface area contributed by atoms with Gasteiger partial charge in [0.15, 0.2) is 0 Å². The molecule has 18 heavy (non-hydrogen) atoms. The lowest BCUT2D eigenvalue weighted by molar-refractivity contribution is 0.185. The number of rotatable bonds is 2.